The van der Waals surface area contributed by atoms with Gasteiger partial charge in [-0.3, -0.25) is 4.79 Å². The van der Waals surface area contributed by atoms with E-state index in [-0.39, 0.29) is 30.5 Å². The maximum atomic E-state index is 13.4. The van der Waals surface area contributed by atoms with Crippen molar-refractivity contribution >= 4 is 18.0 Å². The molecule has 1 spiro atoms. The first-order chi connectivity index (χ1) is 14.9. The summed E-state index contributed by atoms with van der Waals surface area (Å²) in [5, 5.41) is 0. The smallest absolute Gasteiger partial charge is 0.409 e. The van der Waals surface area contributed by atoms with E-state index >= 15 is 0 Å². The molecule has 7 heteroatoms. The molecule has 0 bridgehead atoms. The summed E-state index contributed by atoms with van der Waals surface area (Å²) in [6.07, 6.45) is 2.69. The highest BCUT2D eigenvalue weighted by Gasteiger charge is 2.54. The van der Waals surface area contributed by atoms with Gasteiger partial charge >= 0.3 is 12.1 Å². The lowest BCUT2D eigenvalue weighted by Crippen LogP contribution is -2.49. The molecule has 2 aliphatic rings. The number of benzene rings is 1. The topological polar surface area (TPSA) is 76.2 Å². The van der Waals surface area contributed by atoms with Crippen molar-refractivity contribution in [2.45, 2.75) is 59.1 Å². The van der Waals surface area contributed by atoms with Crippen LogP contribution in [-0.2, 0) is 25.7 Å². The minimum Gasteiger partial charge on any atom is -0.459 e. The number of ether oxygens (including phenoxy) is 2. The zero-order valence-corrected chi connectivity index (χ0v) is 18.8. The summed E-state index contributed by atoms with van der Waals surface area (Å²) in [4.78, 5) is 42.0. The Morgan fingerprint density at radius 3 is 2.48 bits per heavy atom. The van der Waals surface area contributed by atoms with Crippen molar-refractivity contribution in [3.63, 3.8) is 0 Å². The fourth-order valence-corrected chi connectivity index (χ4v) is 4.49. The molecule has 0 aliphatic carbocycles. The van der Waals surface area contributed by atoms with Crippen molar-refractivity contribution in [2.75, 3.05) is 26.2 Å². The SMILES string of the molecule is CCCCOC(=O)N1CC[C@@]2(CCN([C@H](C(=O)OCc3ccccc3)C(C)C)C2=O)C1. The maximum absolute atomic E-state index is 13.4. The Morgan fingerprint density at radius 2 is 1.81 bits per heavy atom. The van der Waals surface area contributed by atoms with Gasteiger partial charge in [0.15, 0.2) is 0 Å². The van der Waals surface area contributed by atoms with Crippen molar-refractivity contribution in [1.82, 2.24) is 9.80 Å². The van der Waals surface area contributed by atoms with Gasteiger partial charge in [0.25, 0.3) is 0 Å². The molecule has 2 fully saturated rings. The summed E-state index contributed by atoms with van der Waals surface area (Å²) >= 11 is 0. The molecular weight excluding hydrogens is 396 g/mol. The van der Waals surface area contributed by atoms with E-state index < -0.39 is 11.5 Å². The molecule has 2 heterocycles. The Bertz CT molecular complexity index is 781. The number of esters is 1. The Kier molecular flexibility index (Phi) is 7.57. The number of carbonyl (C=O) groups excluding carboxylic acids is 3. The second kappa shape index (κ2) is 10.2. The van der Waals surface area contributed by atoms with E-state index in [9.17, 15) is 14.4 Å². The monoisotopic (exact) mass is 430 g/mol. The van der Waals surface area contributed by atoms with Gasteiger partial charge in [0.2, 0.25) is 5.91 Å². The molecule has 170 valence electrons. The van der Waals surface area contributed by atoms with E-state index in [0.717, 1.165) is 18.4 Å². The van der Waals surface area contributed by atoms with Gasteiger partial charge in [-0.05, 0) is 30.7 Å². The highest BCUT2D eigenvalue weighted by atomic mass is 16.6. The largest absolute Gasteiger partial charge is 0.459 e. The predicted octanol–water partition coefficient (Wildman–Crippen LogP) is 3.62. The number of unbranched alkanes of at least 4 members (excludes halogenated alkanes) is 1. The van der Waals surface area contributed by atoms with Crippen LogP contribution in [0.4, 0.5) is 4.79 Å². The summed E-state index contributed by atoms with van der Waals surface area (Å²) in [6.45, 7) is 7.86. The first kappa shape index (κ1) is 23.1. The molecule has 31 heavy (non-hydrogen) atoms. The molecule has 0 saturated carbocycles. The minimum absolute atomic E-state index is 0.0493. The van der Waals surface area contributed by atoms with Crippen molar-refractivity contribution < 1.29 is 23.9 Å². The van der Waals surface area contributed by atoms with Crippen LogP contribution in [-0.4, -0.2) is 60.1 Å². The van der Waals surface area contributed by atoms with Gasteiger partial charge in [0, 0.05) is 19.6 Å². The Hall–Kier alpha value is -2.57. The molecule has 0 N–H and O–H groups in total. The molecular formula is C24H34N2O5. The highest BCUT2D eigenvalue weighted by Crippen LogP contribution is 2.42. The summed E-state index contributed by atoms with van der Waals surface area (Å²) in [5.74, 6) is -0.497. The summed E-state index contributed by atoms with van der Waals surface area (Å²) in [6, 6.07) is 8.89. The zero-order valence-electron chi connectivity index (χ0n) is 18.8. The molecule has 3 rings (SSSR count). The maximum Gasteiger partial charge on any atom is 0.409 e. The van der Waals surface area contributed by atoms with Crippen LogP contribution in [0.2, 0.25) is 0 Å². The van der Waals surface area contributed by atoms with Crippen molar-refractivity contribution in [3.05, 3.63) is 35.9 Å². The van der Waals surface area contributed by atoms with Crippen molar-refractivity contribution in [2.24, 2.45) is 11.3 Å². The van der Waals surface area contributed by atoms with Gasteiger partial charge in [0.1, 0.15) is 12.6 Å². The van der Waals surface area contributed by atoms with Crippen molar-refractivity contribution in [3.8, 4) is 0 Å². The van der Waals surface area contributed by atoms with Gasteiger partial charge in [-0.15, -0.1) is 0 Å². The molecule has 1 aromatic carbocycles. The van der Waals surface area contributed by atoms with Crippen LogP contribution < -0.4 is 0 Å². The summed E-state index contributed by atoms with van der Waals surface area (Å²) < 4.78 is 10.9. The molecule has 0 unspecified atom stereocenters. The molecule has 2 amide bonds. The van der Waals surface area contributed by atoms with Crippen LogP contribution >= 0.6 is 0 Å². The number of rotatable bonds is 8. The molecule has 2 atom stereocenters. The fourth-order valence-electron chi connectivity index (χ4n) is 4.49. The van der Waals surface area contributed by atoms with Crippen LogP contribution in [0, 0.1) is 11.3 Å². The lowest BCUT2D eigenvalue weighted by molar-refractivity contribution is -0.158. The summed E-state index contributed by atoms with van der Waals surface area (Å²) in [7, 11) is 0. The second-order valence-electron chi connectivity index (χ2n) is 8.95. The predicted molar refractivity (Wildman–Crippen MR) is 116 cm³/mol. The molecule has 7 nitrogen and oxygen atoms in total. The van der Waals surface area contributed by atoms with Gasteiger partial charge in [0.05, 0.1) is 12.0 Å². The summed E-state index contributed by atoms with van der Waals surface area (Å²) in [5.41, 5.74) is 0.298. The van der Waals surface area contributed by atoms with Gasteiger partial charge in [-0.2, -0.15) is 0 Å². The first-order valence-corrected chi connectivity index (χ1v) is 11.3. The number of carbonyl (C=O) groups is 3. The van der Waals surface area contributed by atoms with Crippen LogP contribution in [0.3, 0.4) is 0 Å². The number of hydrogen-bond acceptors (Lipinski definition) is 5. The third kappa shape index (κ3) is 5.20. The third-order valence-corrected chi connectivity index (χ3v) is 6.31. The Morgan fingerprint density at radius 1 is 1.10 bits per heavy atom. The van der Waals surface area contributed by atoms with Gasteiger partial charge < -0.3 is 19.3 Å². The van der Waals surface area contributed by atoms with Crippen LogP contribution in [0.1, 0.15) is 52.0 Å². The number of likely N-dealkylation sites (tertiary alicyclic amines) is 2. The Balaban J connectivity index is 1.62. The Labute approximate surface area is 184 Å². The molecule has 2 aliphatic heterocycles. The average Bonchev–Trinajstić information content (AvgIpc) is 3.33. The van der Waals surface area contributed by atoms with E-state index in [0.29, 0.717) is 39.1 Å². The van der Waals surface area contributed by atoms with Gasteiger partial charge in [-0.1, -0.05) is 57.5 Å². The van der Waals surface area contributed by atoms with E-state index in [1.807, 2.05) is 51.1 Å². The zero-order chi connectivity index (χ0) is 22.4. The normalized spacial score (nSPS) is 21.7. The number of nitrogens with zero attached hydrogens (tertiary/aromatic N) is 2. The average molecular weight is 431 g/mol. The van der Waals surface area contributed by atoms with Crippen LogP contribution in [0.5, 0.6) is 0 Å². The van der Waals surface area contributed by atoms with Gasteiger partial charge in [-0.25, -0.2) is 9.59 Å². The van der Waals surface area contributed by atoms with E-state index in [1.54, 1.807) is 9.80 Å². The second-order valence-corrected chi connectivity index (χ2v) is 8.95. The van der Waals surface area contributed by atoms with E-state index in [4.69, 9.17) is 9.47 Å². The lowest BCUT2D eigenvalue weighted by atomic mass is 9.85. The lowest BCUT2D eigenvalue weighted by Gasteiger charge is -2.31. The van der Waals surface area contributed by atoms with E-state index in [1.165, 1.54) is 0 Å². The molecule has 0 radical (unpaired) electrons. The minimum atomic E-state index is -0.624. The number of hydrogen-bond donors (Lipinski definition) is 0. The third-order valence-electron chi connectivity index (χ3n) is 6.31. The quantitative estimate of drug-likeness (QED) is 0.465. The fraction of sp³-hybridized carbons (Fsp3) is 0.625. The molecule has 2 saturated heterocycles. The molecule has 1 aromatic rings. The van der Waals surface area contributed by atoms with Crippen molar-refractivity contribution in [1.29, 1.82) is 0 Å². The molecule has 0 aromatic heterocycles. The highest BCUT2D eigenvalue weighted by molar-refractivity contribution is 5.91. The van der Waals surface area contributed by atoms with Crippen LogP contribution in [0.25, 0.3) is 0 Å². The van der Waals surface area contributed by atoms with E-state index in [2.05, 4.69) is 0 Å². The standard InChI is InChI=1S/C24H34N2O5/c1-4-5-15-30-23(29)25-13-11-24(17-25)12-14-26(22(24)28)20(18(2)3)21(27)31-16-19-9-7-6-8-10-19/h6-10,18,20H,4-5,11-17H2,1-3H3/t20-,24+/m0/s1. The van der Waals surface area contributed by atoms with Crippen LogP contribution in [0.15, 0.2) is 30.3 Å². The first-order valence-electron chi connectivity index (χ1n) is 11.3. The number of amides is 2.